The molecule has 0 aliphatic carbocycles. The van der Waals surface area contributed by atoms with E-state index in [0.29, 0.717) is 0 Å². The molecular formula is C7H9F2IN2. The number of alkyl halides is 2. The number of rotatable bonds is 3. The highest BCUT2D eigenvalue weighted by Gasteiger charge is 2.26. The van der Waals surface area contributed by atoms with Gasteiger partial charge in [0.2, 0.25) is 0 Å². The minimum absolute atomic E-state index is 0.149. The third-order valence-electron chi connectivity index (χ3n) is 1.52. The first-order valence-corrected chi connectivity index (χ1v) is 4.68. The standard InChI is InChI=1S/C7H9F2IN2/c1-2-7(8,9)5-12-4-3-6(10)11-12/h3-4H,2,5H2,1H3. The molecule has 0 aliphatic rings. The molecule has 1 heterocycles. The Morgan fingerprint density at radius 3 is 2.75 bits per heavy atom. The Morgan fingerprint density at radius 1 is 1.67 bits per heavy atom. The minimum Gasteiger partial charge on any atom is -0.266 e. The van der Waals surface area contributed by atoms with E-state index >= 15 is 0 Å². The fourth-order valence-corrected chi connectivity index (χ4v) is 1.21. The SMILES string of the molecule is CCC(F)(F)Cn1ccc(I)n1. The van der Waals surface area contributed by atoms with Gasteiger partial charge in [-0.05, 0) is 28.7 Å². The Balaban J connectivity index is 2.63. The van der Waals surface area contributed by atoms with E-state index in [1.165, 1.54) is 11.6 Å². The fourth-order valence-electron chi connectivity index (χ4n) is 0.774. The predicted octanol–water partition coefficient (Wildman–Crippen LogP) is 2.53. The Labute approximate surface area is 83.1 Å². The number of nitrogens with zero attached hydrogens (tertiary/aromatic N) is 2. The molecule has 1 rings (SSSR count). The van der Waals surface area contributed by atoms with Gasteiger partial charge in [-0.3, -0.25) is 4.68 Å². The molecule has 0 bridgehead atoms. The van der Waals surface area contributed by atoms with Crippen LogP contribution in [-0.4, -0.2) is 15.7 Å². The van der Waals surface area contributed by atoms with Crippen LogP contribution < -0.4 is 0 Å². The summed E-state index contributed by atoms with van der Waals surface area (Å²) in [5.41, 5.74) is 0. The van der Waals surface area contributed by atoms with Crippen molar-refractivity contribution in [2.45, 2.75) is 25.8 Å². The van der Waals surface area contributed by atoms with E-state index < -0.39 is 5.92 Å². The van der Waals surface area contributed by atoms with Gasteiger partial charge in [0.1, 0.15) is 10.2 Å². The van der Waals surface area contributed by atoms with Crippen LogP contribution in [0.4, 0.5) is 8.78 Å². The average molecular weight is 286 g/mol. The Bertz CT molecular complexity index is 260. The summed E-state index contributed by atoms with van der Waals surface area (Å²) in [7, 11) is 0. The first kappa shape index (κ1) is 9.88. The van der Waals surface area contributed by atoms with Crippen molar-refractivity contribution in [1.29, 1.82) is 0 Å². The van der Waals surface area contributed by atoms with Crippen LogP contribution in [0.25, 0.3) is 0 Å². The van der Waals surface area contributed by atoms with Crippen molar-refractivity contribution in [3.8, 4) is 0 Å². The molecule has 0 atom stereocenters. The number of aromatic nitrogens is 2. The van der Waals surface area contributed by atoms with E-state index in [9.17, 15) is 8.78 Å². The Hall–Kier alpha value is -0.200. The second-order valence-electron chi connectivity index (χ2n) is 2.55. The van der Waals surface area contributed by atoms with Gasteiger partial charge in [0.15, 0.2) is 0 Å². The summed E-state index contributed by atoms with van der Waals surface area (Å²) >= 11 is 1.99. The van der Waals surface area contributed by atoms with Crippen LogP contribution in [0.1, 0.15) is 13.3 Å². The van der Waals surface area contributed by atoms with Gasteiger partial charge in [0.25, 0.3) is 5.92 Å². The van der Waals surface area contributed by atoms with E-state index in [4.69, 9.17) is 0 Å². The van der Waals surface area contributed by atoms with Crippen molar-refractivity contribution >= 4 is 22.6 Å². The average Bonchev–Trinajstić information content (AvgIpc) is 2.35. The van der Waals surface area contributed by atoms with E-state index in [1.807, 2.05) is 22.6 Å². The smallest absolute Gasteiger partial charge is 0.266 e. The zero-order valence-corrected chi connectivity index (χ0v) is 8.75. The van der Waals surface area contributed by atoms with Crippen LogP contribution in [0.3, 0.4) is 0 Å². The van der Waals surface area contributed by atoms with E-state index in [2.05, 4.69) is 5.10 Å². The molecule has 0 N–H and O–H groups in total. The molecule has 2 nitrogen and oxygen atoms in total. The van der Waals surface area contributed by atoms with Crippen molar-refractivity contribution in [3.05, 3.63) is 16.0 Å². The van der Waals surface area contributed by atoms with Crippen molar-refractivity contribution in [1.82, 2.24) is 9.78 Å². The number of hydrogen-bond acceptors (Lipinski definition) is 1. The van der Waals surface area contributed by atoms with E-state index in [-0.39, 0.29) is 13.0 Å². The first-order valence-electron chi connectivity index (χ1n) is 3.60. The molecule has 12 heavy (non-hydrogen) atoms. The maximum absolute atomic E-state index is 12.8. The third-order valence-corrected chi connectivity index (χ3v) is 2.09. The van der Waals surface area contributed by atoms with Crippen molar-refractivity contribution in [3.63, 3.8) is 0 Å². The minimum atomic E-state index is -2.64. The zero-order valence-electron chi connectivity index (χ0n) is 6.60. The van der Waals surface area contributed by atoms with Gasteiger partial charge < -0.3 is 0 Å². The Kier molecular flexibility index (Phi) is 3.03. The summed E-state index contributed by atoms with van der Waals surface area (Å²) in [5.74, 6) is -2.64. The molecule has 0 amide bonds. The first-order chi connectivity index (χ1) is 5.53. The van der Waals surface area contributed by atoms with Gasteiger partial charge in [-0.15, -0.1) is 0 Å². The molecule has 1 aromatic heterocycles. The van der Waals surface area contributed by atoms with Crippen LogP contribution in [0.15, 0.2) is 12.3 Å². The van der Waals surface area contributed by atoms with Gasteiger partial charge in [0.05, 0.1) is 0 Å². The molecule has 0 unspecified atom stereocenters. The topological polar surface area (TPSA) is 17.8 Å². The lowest BCUT2D eigenvalue weighted by atomic mass is 10.3. The maximum Gasteiger partial charge on any atom is 0.267 e. The lowest BCUT2D eigenvalue weighted by molar-refractivity contribution is -0.0229. The lowest BCUT2D eigenvalue weighted by Gasteiger charge is -2.12. The predicted molar refractivity (Wildman–Crippen MR) is 50.2 cm³/mol. The molecule has 5 heteroatoms. The largest absolute Gasteiger partial charge is 0.267 e. The highest BCUT2D eigenvalue weighted by Crippen LogP contribution is 2.19. The van der Waals surface area contributed by atoms with Crippen molar-refractivity contribution < 1.29 is 8.78 Å². The van der Waals surface area contributed by atoms with E-state index in [0.717, 1.165) is 3.70 Å². The van der Waals surface area contributed by atoms with Crippen LogP contribution in [-0.2, 0) is 6.54 Å². The van der Waals surface area contributed by atoms with Crippen LogP contribution in [0.2, 0.25) is 0 Å². The third kappa shape index (κ3) is 2.69. The molecule has 0 spiro atoms. The number of hydrogen-bond donors (Lipinski definition) is 0. The summed E-state index contributed by atoms with van der Waals surface area (Å²) < 4.78 is 27.6. The molecular weight excluding hydrogens is 277 g/mol. The molecule has 0 aromatic carbocycles. The Morgan fingerprint density at radius 2 is 2.33 bits per heavy atom. The molecule has 0 saturated heterocycles. The van der Waals surface area contributed by atoms with Crippen LogP contribution >= 0.6 is 22.6 Å². The molecule has 0 saturated carbocycles. The molecule has 0 fully saturated rings. The van der Waals surface area contributed by atoms with E-state index in [1.54, 1.807) is 12.3 Å². The molecule has 0 aliphatic heterocycles. The maximum atomic E-state index is 12.8. The monoisotopic (exact) mass is 286 g/mol. The second-order valence-corrected chi connectivity index (χ2v) is 3.65. The summed E-state index contributed by atoms with van der Waals surface area (Å²) in [5, 5.41) is 3.87. The summed E-state index contributed by atoms with van der Waals surface area (Å²) in [4.78, 5) is 0. The normalized spacial score (nSPS) is 12.0. The highest BCUT2D eigenvalue weighted by atomic mass is 127. The summed E-state index contributed by atoms with van der Waals surface area (Å²) in [6.45, 7) is 1.14. The number of halogens is 3. The van der Waals surface area contributed by atoms with Crippen molar-refractivity contribution in [2.75, 3.05) is 0 Å². The highest BCUT2D eigenvalue weighted by molar-refractivity contribution is 14.1. The summed E-state index contributed by atoms with van der Waals surface area (Å²) in [6.07, 6.45) is 1.41. The van der Waals surface area contributed by atoms with Gasteiger partial charge in [0, 0.05) is 12.6 Å². The van der Waals surface area contributed by atoms with Crippen molar-refractivity contribution in [2.24, 2.45) is 0 Å². The molecule has 1 aromatic rings. The second kappa shape index (κ2) is 3.68. The molecule has 0 radical (unpaired) electrons. The fraction of sp³-hybridized carbons (Fsp3) is 0.571. The summed E-state index contributed by atoms with van der Waals surface area (Å²) in [6, 6.07) is 1.70. The van der Waals surface area contributed by atoms with Gasteiger partial charge in [-0.25, -0.2) is 8.78 Å². The quantitative estimate of drug-likeness (QED) is 0.781. The van der Waals surface area contributed by atoms with Gasteiger partial charge >= 0.3 is 0 Å². The van der Waals surface area contributed by atoms with Gasteiger partial charge in [-0.2, -0.15) is 5.10 Å². The van der Waals surface area contributed by atoms with Gasteiger partial charge in [-0.1, -0.05) is 6.92 Å². The van der Waals surface area contributed by atoms with Crippen LogP contribution in [0.5, 0.6) is 0 Å². The van der Waals surface area contributed by atoms with Crippen LogP contribution in [0, 0.1) is 3.70 Å². The molecule has 68 valence electrons. The lowest BCUT2D eigenvalue weighted by Crippen LogP contribution is -2.22. The zero-order chi connectivity index (χ0) is 9.19.